The number of hydrogen-bond acceptors (Lipinski definition) is 4. The molecule has 0 aromatic carbocycles. The first-order chi connectivity index (χ1) is 17.6. The molecule has 0 fully saturated rings. The Morgan fingerprint density at radius 3 is 1.86 bits per heavy atom. The Morgan fingerprint density at radius 1 is 0.750 bits per heavy atom. The summed E-state index contributed by atoms with van der Waals surface area (Å²) in [4.78, 5) is 27.2. The lowest BCUT2D eigenvalue weighted by molar-refractivity contribution is 0.351. The minimum absolute atomic E-state index is 0.107. The molecule has 3 heterocycles. The van der Waals surface area contributed by atoms with E-state index in [-0.39, 0.29) is 11.1 Å². The second-order valence-electron chi connectivity index (χ2n) is 10.4. The van der Waals surface area contributed by atoms with Gasteiger partial charge in [0.1, 0.15) is 9.40 Å². The molecule has 0 bridgehead atoms. The van der Waals surface area contributed by atoms with E-state index in [0.29, 0.717) is 21.9 Å². The third-order valence-corrected chi connectivity index (χ3v) is 10.2. The van der Waals surface area contributed by atoms with Crippen LogP contribution in [0.2, 0.25) is 0 Å². The molecule has 200 valence electrons. The molecule has 3 rings (SSSR count). The van der Waals surface area contributed by atoms with Gasteiger partial charge in [0.15, 0.2) is 0 Å². The zero-order valence-corrected chi connectivity index (χ0v) is 25.5. The highest BCUT2D eigenvalue weighted by atomic mass is 79.9. The van der Waals surface area contributed by atoms with Gasteiger partial charge in [-0.2, -0.15) is 0 Å². The molecule has 3 nitrogen and oxygen atoms in total. The Kier molecular flexibility index (Phi) is 13.2. The summed E-state index contributed by atoms with van der Waals surface area (Å²) in [7, 11) is 0. The normalized spacial score (nSPS) is 12.6. The van der Waals surface area contributed by atoms with Gasteiger partial charge in [-0.1, -0.05) is 104 Å². The number of rotatable bonds is 18. The fourth-order valence-electron chi connectivity index (χ4n) is 5.29. The Hall–Kier alpha value is -0.980. The van der Waals surface area contributed by atoms with Crippen molar-refractivity contribution in [2.75, 3.05) is 0 Å². The molecule has 0 aliphatic rings. The number of fused-ring (bicyclic) bond motifs is 3. The first kappa shape index (κ1) is 29.6. The van der Waals surface area contributed by atoms with Gasteiger partial charge in [0, 0.05) is 27.2 Å². The van der Waals surface area contributed by atoms with Crippen molar-refractivity contribution in [1.82, 2.24) is 4.57 Å². The summed E-state index contributed by atoms with van der Waals surface area (Å²) in [5.74, 6) is 0.387. The quantitative estimate of drug-likeness (QED) is 0.137. The molecule has 0 saturated heterocycles. The van der Waals surface area contributed by atoms with Crippen molar-refractivity contribution in [3.8, 4) is 0 Å². The number of hydrogen-bond donors (Lipinski definition) is 0. The molecule has 0 saturated carbocycles. The highest BCUT2D eigenvalue weighted by Gasteiger charge is 2.18. The molecular formula is C30H44BrNO2S2. The van der Waals surface area contributed by atoms with Crippen molar-refractivity contribution < 1.29 is 0 Å². The highest BCUT2D eigenvalue weighted by Crippen LogP contribution is 2.34. The molecule has 1 unspecified atom stereocenters. The lowest BCUT2D eigenvalue weighted by atomic mass is 9.94. The molecule has 0 spiro atoms. The van der Waals surface area contributed by atoms with Crippen LogP contribution in [0.3, 0.4) is 0 Å². The van der Waals surface area contributed by atoms with E-state index in [1.54, 1.807) is 4.57 Å². The summed E-state index contributed by atoms with van der Waals surface area (Å²) in [5, 5.41) is 5.75. The maximum atomic E-state index is 13.6. The first-order valence-corrected chi connectivity index (χ1v) is 16.8. The van der Waals surface area contributed by atoms with Gasteiger partial charge in [-0.15, -0.1) is 22.7 Å². The van der Waals surface area contributed by atoms with E-state index < -0.39 is 0 Å². The molecular weight excluding hydrogens is 550 g/mol. The predicted molar refractivity (Wildman–Crippen MR) is 164 cm³/mol. The number of nitrogens with zero attached hydrogens (tertiary/aromatic N) is 1. The second kappa shape index (κ2) is 16.1. The Balaban J connectivity index is 1.73. The molecule has 0 amide bonds. The lowest BCUT2D eigenvalue weighted by Crippen LogP contribution is -2.32. The Morgan fingerprint density at radius 2 is 1.28 bits per heavy atom. The summed E-state index contributed by atoms with van der Waals surface area (Å²) in [5.41, 5.74) is -0.220. The number of unbranched alkanes of at least 4 members (excludes halogenated alkanes) is 12. The van der Waals surface area contributed by atoms with Crippen LogP contribution in [-0.4, -0.2) is 4.57 Å². The van der Waals surface area contributed by atoms with E-state index in [0.717, 1.165) is 28.1 Å². The zero-order valence-electron chi connectivity index (χ0n) is 22.3. The molecule has 0 aliphatic heterocycles. The third kappa shape index (κ3) is 8.26. The third-order valence-electron chi connectivity index (χ3n) is 7.43. The topological polar surface area (TPSA) is 39.1 Å². The number of thiophene rings is 2. The predicted octanol–water partition coefficient (Wildman–Crippen LogP) is 10.3. The van der Waals surface area contributed by atoms with Crippen LogP contribution in [0.1, 0.15) is 117 Å². The van der Waals surface area contributed by atoms with Gasteiger partial charge in [-0.05, 0) is 46.1 Å². The van der Waals surface area contributed by atoms with E-state index in [9.17, 15) is 9.59 Å². The van der Waals surface area contributed by atoms with E-state index in [4.69, 9.17) is 0 Å². The fraction of sp³-hybridized carbons (Fsp3) is 0.667. The molecule has 0 radical (unpaired) electrons. The monoisotopic (exact) mass is 593 g/mol. The van der Waals surface area contributed by atoms with Crippen molar-refractivity contribution in [3.05, 3.63) is 42.0 Å². The number of aromatic nitrogens is 1. The molecule has 6 heteroatoms. The van der Waals surface area contributed by atoms with Gasteiger partial charge in [0.25, 0.3) is 11.1 Å². The minimum Gasteiger partial charge on any atom is -0.273 e. The zero-order chi connectivity index (χ0) is 25.8. The van der Waals surface area contributed by atoms with Gasteiger partial charge < -0.3 is 0 Å². The van der Waals surface area contributed by atoms with Crippen LogP contribution in [0.5, 0.6) is 0 Å². The van der Waals surface area contributed by atoms with Crippen molar-refractivity contribution >= 4 is 58.8 Å². The standard InChI is InChI=1S/C30H44BrNO2S2/c1-3-5-7-9-11-12-14-16-18-23(17-15-13-10-8-6-4-2)21-32-29(33)27-24(19-20-35-27)26-25(31)22-36-28(26)30(32)34/h19-20,22-23H,3-18,21H2,1-2H3. The van der Waals surface area contributed by atoms with E-state index in [1.807, 2.05) is 16.8 Å². The van der Waals surface area contributed by atoms with Gasteiger partial charge >= 0.3 is 0 Å². The Bertz CT molecular complexity index is 1180. The summed E-state index contributed by atoms with van der Waals surface area (Å²) < 4.78 is 3.88. The molecule has 3 aromatic heterocycles. The largest absolute Gasteiger partial charge is 0.273 e. The molecule has 3 aromatic rings. The lowest BCUT2D eigenvalue weighted by Gasteiger charge is -2.17. The average Bonchev–Trinajstić information content (AvgIpc) is 3.49. The van der Waals surface area contributed by atoms with Crippen LogP contribution in [0.4, 0.5) is 0 Å². The smallest absolute Gasteiger partial charge is 0.271 e. The minimum atomic E-state index is -0.113. The summed E-state index contributed by atoms with van der Waals surface area (Å²) in [6, 6.07) is 1.99. The molecule has 36 heavy (non-hydrogen) atoms. The van der Waals surface area contributed by atoms with Crippen molar-refractivity contribution in [2.45, 2.75) is 123 Å². The Labute approximate surface area is 233 Å². The van der Waals surface area contributed by atoms with Crippen LogP contribution in [0, 0.1) is 5.92 Å². The van der Waals surface area contributed by atoms with Crippen LogP contribution in [0.15, 0.2) is 30.9 Å². The molecule has 0 aliphatic carbocycles. The van der Waals surface area contributed by atoms with Crippen LogP contribution in [-0.2, 0) is 6.54 Å². The van der Waals surface area contributed by atoms with E-state index >= 15 is 0 Å². The SMILES string of the molecule is CCCCCCCCCCC(CCCCCCCC)Cn1c(=O)c2sccc2c2c(Br)csc2c1=O. The van der Waals surface area contributed by atoms with Crippen LogP contribution < -0.4 is 11.1 Å². The van der Waals surface area contributed by atoms with E-state index in [1.165, 1.54) is 113 Å². The number of halogens is 1. The maximum absolute atomic E-state index is 13.6. The van der Waals surface area contributed by atoms with Gasteiger partial charge in [0.2, 0.25) is 0 Å². The summed E-state index contributed by atoms with van der Waals surface area (Å²) in [6.45, 7) is 5.07. The van der Waals surface area contributed by atoms with Crippen LogP contribution >= 0.6 is 38.6 Å². The summed E-state index contributed by atoms with van der Waals surface area (Å²) >= 11 is 6.53. The van der Waals surface area contributed by atoms with Crippen molar-refractivity contribution in [3.63, 3.8) is 0 Å². The van der Waals surface area contributed by atoms with Gasteiger partial charge in [-0.25, -0.2) is 0 Å². The second-order valence-corrected chi connectivity index (χ2v) is 13.0. The average molecular weight is 595 g/mol. The van der Waals surface area contributed by atoms with Crippen molar-refractivity contribution in [2.24, 2.45) is 5.92 Å². The summed E-state index contributed by atoms with van der Waals surface area (Å²) in [6.07, 6.45) is 20.3. The molecule has 0 N–H and O–H groups in total. The van der Waals surface area contributed by atoms with Gasteiger partial charge in [-0.3, -0.25) is 14.2 Å². The van der Waals surface area contributed by atoms with Crippen molar-refractivity contribution in [1.29, 1.82) is 0 Å². The highest BCUT2D eigenvalue weighted by molar-refractivity contribution is 9.10. The van der Waals surface area contributed by atoms with E-state index in [2.05, 4.69) is 29.8 Å². The van der Waals surface area contributed by atoms with Crippen LogP contribution in [0.25, 0.3) is 20.2 Å². The first-order valence-electron chi connectivity index (χ1n) is 14.3. The maximum Gasteiger partial charge on any atom is 0.271 e. The molecule has 1 atom stereocenters. The fourth-order valence-corrected chi connectivity index (χ4v) is 7.85. The van der Waals surface area contributed by atoms with Gasteiger partial charge in [0.05, 0.1) is 0 Å².